The van der Waals surface area contributed by atoms with E-state index in [9.17, 15) is 0 Å². The van der Waals surface area contributed by atoms with Gasteiger partial charge in [0, 0.05) is 23.7 Å². The Hall–Kier alpha value is -1.96. The van der Waals surface area contributed by atoms with Crippen LogP contribution in [0.4, 0.5) is 10.7 Å². The van der Waals surface area contributed by atoms with E-state index in [0.29, 0.717) is 11.0 Å². The van der Waals surface area contributed by atoms with Gasteiger partial charge in [0.25, 0.3) is 0 Å². The first-order valence-corrected chi connectivity index (χ1v) is 9.97. The van der Waals surface area contributed by atoms with Gasteiger partial charge in [-0.3, -0.25) is 5.43 Å². The topological polar surface area (TPSA) is 48.9 Å². The molecular weight excluding hydrogens is 364 g/mol. The standard InChI is InChI=1S/C19H24N4OS2/c1-14(2)15-3-5-16(6-4-15)21-19(25)22-20-13-17-7-8-18(26-17)23-9-11-24-12-10-23/h3-8,13-14H,9-12H2,1-2H3,(H2,21,22,25)/b20-13+. The predicted molar refractivity (Wildman–Crippen MR) is 115 cm³/mol. The Morgan fingerprint density at radius 3 is 2.62 bits per heavy atom. The van der Waals surface area contributed by atoms with Crippen LogP contribution in [0.25, 0.3) is 0 Å². The van der Waals surface area contributed by atoms with Gasteiger partial charge in [-0.2, -0.15) is 5.10 Å². The van der Waals surface area contributed by atoms with Crippen LogP contribution in [-0.4, -0.2) is 37.6 Å². The summed E-state index contributed by atoms with van der Waals surface area (Å²) in [5, 5.41) is 9.10. The van der Waals surface area contributed by atoms with Gasteiger partial charge in [0.2, 0.25) is 0 Å². The van der Waals surface area contributed by atoms with Crippen LogP contribution in [0.1, 0.15) is 30.2 Å². The number of hydrogen-bond donors (Lipinski definition) is 2. The molecule has 0 aliphatic carbocycles. The molecule has 1 aliphatic heterocycles. The van der Waals surface area contributed by atoms with Crippen LogP contribution < -0.4 is 15.6 Å². The second-order valence-corrected chi connectivity index (χ2v) is 7.88. The summed E-state index contributed by atoms with van der Waals surface area (Å²) in [7, 11) is 0. The highest BCUT2D eigenvalue weighted by atomic mass is 32.1. The van der Waals surface area contributed by atoms with Crippen LogP contribution in [-0.2, 0) is 4.74 Å². The number of hydrazone groups is 1. The fourth-order valence-electron chi connectivity index (χ4n) is 2.63. The molecular formula is C19H24N4OS2. The fraction of sp³-hybridized carbons (Fsp3) is 0.368. The first kappa shape index (κ1) is 18.8. The van der Waals surface area contributed by atoms with Crippen molar-refractivity contribution in [2.75, 3.05) is 36.5 Å². The van der Waals surface area contributed by atoms with Crippen molar-refractivity contribution in [3.05, 3.63) is 46.8 Å². The number of benzene rings is 1. The van der Waals surface area contributed by atoms with E-state index in [1.165, 1.54) is 10.6 Å². The minimum atomic E-state index is 0.475. The number of morpholine rings is 1. The number of thiocarbonyl (C=S) groups is 1. The zero-order chi connectivity index (χ0) is 18.4. The zero-order valence-corrected chi connectivity index (χ0v) is 16.7. The second-order valence-electron chi connectivity index (χ2n) is 6.38. The van der Waals surface area contributed by atoms with E-state index in [4.69, 9.17) is 17.0 Å². The van der Waals surface area contributed by atoms with Crippen molar-refractivity contribution >= 4 is 45.6 Å². The molecule has 0 atom stereocenters. The lowest BCUT2D eigenvalue weighted by Crippen LogP contribution is -2.35. The number of anilines is 2. The first-order valence-electron chi connectivity index (χ1n) is 8.74. The molecule has 1 aromatic heterocycles. The lowest BCUT2D eigenvalue weighted by Gasteiger charge is -2.27. The molecule has 1 aliphatic rings. The van der Waals surface area contributed by atoms with Gasteiger partial charge >= 0.3 is 0 Å². The average molecular weight is 389 g/mol. The molecule has 1 aromatic carbocycles. The normalized spacial score (nSPS) is 14.8. The molecule has 2 aromatic rings. The summed E-state index contributed by atoms with van der Waals surface area (Å²) in [5.41, 5.74) is 5.13. The average Bonchev–Trinajstić information content (AvgIpc) is 3.12. The van der Waals surface area contributed by atoms with Crippen molar-refractivity contribution in [2.24, 2.45) is 5.10 Å². The van der Waals surface area contributed by atoms with Gasteiger partial charge in [-0.15, -0.1) is 11.3 Å². The number of hydrogen-bond acceptors (Lipinski definition) is 5. The second kappa shape index (κ2) is 9.12. The maximum atomic E-state index is 5.39. The molecule has 0 spiro atoms. The maximum Gasteiger partial charge on any atom is 0.191 e. The zero-order valence-electron chi connectivity index (χ0n) is 15.1. The summed E-state index contributed by atoms with van der Waals surface area (Å²) < 4.78 is 5.39. The van der Waals surface area contributed by atoms with E-state index in [2.05, 4.69) is 58.9 Å². The van der Waals surface area contributed by atoms with E-state index in [0.717, 1.165) is 36.9 Å². The number of ether oxygens (including phenoxy) is 1. The van der Waals surface area contributed by atoms with Crippen molar-refractivity contribution in [3.8, 4) is 0 Å². The van der Waals surface area contributed by atoms with Crippen LogP contribution >= 0.6 is 23.6 Å². The molecule has 0 radical (unpaired) electrons. The van der Waals surface area contributed by atoms with Crippen LogP contribution in [0.2, 0.25) is 0 Å². The minimum absolute atomic E-state index is 0.475. The van der Waals surface area contributed by atoms with Gasteiger partial charge in [0.15, 0.2) is 5.11 Å². The third kappa shape index (κ3) is 5.27. The monoisotopic (exact) mass is 388 g/mol. The molecule has 0 amide bonds. The third-order valence-corrected chi connectivity index (χ3v) is 5.40. The van der Waals surface area contributed by atoms with E-state index >= 15 is 0 Å². The summed E-state index contributed by atoms with van der Waals surface area (Å²) in [4.78, 5) is 3.43. The predicted octanol–water partition coefficient (Wildman–Crippen LogP) is 4.03. The highest BCUT2D eigenvalue weighted by Crippen LogP contribution is 2.25. The largest absolute Gasteiger partial charge is 0.378 e. The fourth-order valence-corrected chi connectivity index (χ4v) is 3.73. The summed E-state index contributed by atoms with van der Waals surface area (Å²) in [5.74, 6) is 0.520. The Morgan fingerprint density at radius 2 is 1.92 bits per heavy atom. The Bertz CT molecular complexity index is 749. The van der Waals surface area contributed by atoms with Gasteiger partial charge < -0.3 is 15.0 Å². The summed E-state index contributed by atoms with van der Waals surface area (Å²) >= 11 is 7.01. The SMILES string of the molecule is CC(C)c1ccc(NC(=S)N/N=C/c2ccc(N3CCOCC3)s2)cc1. The van der Waals surface area contributed by atoms with Crippen molar-refractivity contribution in [1.82, 2.24) is 5.43 Å². The lowest BCUT2D eigenvalue weighted by atomic mass is 10.0. The number of nitrogens with zero attached hydrogens (tertiary/aromatic N) is 2. The molecule has 2 N–H and O–H groups in total. The van der Waals surface area contributed by atoms with Gasteiger partial charge in [-0.05, 0) is 48.0 Å². The molecule has 0 unspecified atom stereocenters. The molecule has 26 heavy (non-hydrogen) atoms. The van der Waals surface area contributed by atoms with Crippen molar-refractivity contribution in [1.29, 1.82) is 0 Å². The maximum absolute atomic E-state index is 5.39. The lowest BCUT2D eigenvalue weighted by molar-refractivity contribution is 0.123. The van der Waals surface area contributed by atoms with Crippen LogP contribution in [0.5, 0.6) is 0 Å². The Labute approximate surface area is 164 Å². The summed E-state index contributed by atoms with van der Waals surface area (Å²) in [6.07, 6.45) is 1.80. The highest BCUT2D eigenvalue weighted by molar-refractivity contribution is 7.80. The van der Waals surface area contributed by atoms with Crippen LogP contribution in [0, 0.1) is 0 Å². The smallest absolute Gasteiger partial charge is 0.191 e. The number of rotatable bonds is 5. The molecule has 0 saturated carbocycles. The quantitative estimate of drug-likeness (QED) is 0.460. The number of nitrogens with one attached hydrogen (secondary N) is 2. The molecule has 1 saturated heterocycles. The van der Waals surface area contributed by atoms with Crippen molar-refractivity contribution < 1.29 is 4.74 Å². The minimum Gasteiger partial charge on any atom is -0.378 e. The van der Waals surface area contributed by atoms with Gasteiger partial charge in [-0.25, -0.2) is 0 Å². The van der Waals surface area contributed by atoms with Gasteiger partial charge in [0.05, 0.1) is 24.4 Å². The van der Waals surface area contributed by atoms with E-state index in [1.54, 1.807) is 17.6 Å². The molecule has 7 heteroatoms. The molecule has 1 fully saturated rings. The molecule has 5 nitrogen and oxygen atoms in total. The third-order valence-electron chi connectivity index (χ3n) is 4.13. The van der Waals surface area contributed by atoms with Crippen molar-refractivity contribution in [2.45, 2.75) is 19.8 Å². The van der Waals surface area contributed by atoms with Crippen molar-refractivity contribution in [3.63, 3.8) is 0 Å². The van der Waals surface area contributed by atoms with Gasteiger partial charge in [0.1, 0.15) is 0 Å². The van der Waals surface area contributed by atoms with E-state index in [1.807, 2.05) is 12.1 Å². The Morgan fingerprint density at radius 1 is 1.19 bits per heavy atom. The Kier molecular flexibility index (Phi) is 6.60. The van der Waals surface area contributed by atoms with E-state index < -0.39 is 0 Å². The van der Waals surface area contributed by atoms with E-state index in [-0.39, 0.29) is 0 Å². The molecule has 3 rings (SSSR count). The summed E-state index contributed by atoms with van der Waals surface area (Å²) in [6.45, 7) is 7.83. The Balaban J connectivity index is 1.48. The molecule has 2 heterocycles. The molecule has 138 valence electrons. The first-order chi connectivity index (χ1) is 12.6. The number of thiophene rings is 1. The van der Waals surface area contributed by atoms with Crippen LogP contribution in [0.15, 0.2) is 41.5 Å². The van der Waals surface area contributed by atoms with Crippen LogP contribution in [0.3, 0.4) is 0 Å². The molecule has 0 bridgehead atoms. The highest BCUT2D eigenvalue weighted by Gasteiger charge is 2.12. The van der Waals surface area contributed by atoms with Gasteiger partial charge in [-0.1, -0.05) is 26.0 Å². The summed E-state index contributed by atoms with van der Waals surface area (Å²) in [6, 6.07) is 12.5.